The van der Waals surface area contributed by atoms with Gasteiger partial charge < -0.3 is 10.1 Å². The van der Waals surface area contributed by atoms with E-state index in [2.05, 4.69) is 49.3 Å². The highest BCUT2D eigenvalue weighted by Crippen LogP contribution is 2.31. The first kappa shape index (κ1) is 20.6. The molecule has 0 aliphatic heterocycles. The molecule has 0 saturated heterocycles. The minimum Gasteiger partial charge on any atom is -0.497 e. The van der Waals surface area contributed by atoms with Crippen LogP contribution in [0, 0.1) is 20.8 Å². The number of aromatic nitrogens is 2. The zero-order valence-electron chi connectivity index (χ0n) is 17.6. The number of benzene rings is 2. The van der Waals surface area contributed by atoms with E-state index in [1.165, 1.54) is 39.6 Å². The normalized spacial score (nSPS) is 12.3. The predicted octanol–water partition coefficient (Wildman–Crippen LogP) is 5.90. The predicted molar refractivity (Wildman–Crippen MR) is 126 cm³/mol. The number of methoxy groups -OCH3 is 1. The molecule has 0 aliphatic rings. The number of fused-ring (bicyclic) bond motifs is 2. The maximum atomic E-state index is 12.8. The summed E-state index contributed by atoms with van der Waals surface area (Å²) >= 11 is 2.90. The second-order valence-corrected chi connectivity index (χ2v) is 9.75. The number of thiazole rings is 1. The van der Waals surface area contributed by atoms with Crippen molar-refractivity contribution in [2.45, 2.75) is 38.0 Å². The molecule has 1 N–H and O–H groups in total. The number of anilines is 1. The first-order chi connectivity index (χ1) is 14.3. The first-order valence-corrected chi connectivity index (χ1v) is 11.3. The zero-order valence-corrected chi connectivity index (χ0v) is 19.2. The van der Waals surface area contributed by atoms with Gasteiger partial charge >= 0.3 is 0 Å². The molecule has 4 rings (SSSR count). The highest BCUT2D eigenvalue weighted by molar-refractivity contribution is 8.00. The number of ether oxygens (including phenoxy) is 1. The fourth-order valence-corrected chi connectivity index (χ4v) is 5.22. The molecule has 0 spiro atoms. The van der Waals surface area contributed by atoms with Gasteiger partial charge in [0.2, 0.25) is 5.91 Å². The minimum absolute atomic E-state index is 0.0915. The van der Waals surface area contributed by atoms with Crippen LogP contribution in [0.5, 0.6) is 5.75 Å². The Morgan fingerprint density at radius 3 is 2.67 bits per heavy atom. The van der Waals surface area contributed by atoms with Crippen molar-refractivity contribution >= 4 is 55.3 Å². The monoisotopic (exact) mass is 437 g/mol. The van der Waals surface area contributed by atoms with Crippen molar-refractivity contribution in [1.82, 2.24) is 9.97 Å². The van der Waals surface area contributed by atoms with Crippen LogP contribution in [0.2, 0.25) is 0 Å². The second kappa shape index (κ2) is 8.24. The van der Waals surface area contributed by atoms with Crippen LogP contribution in [0.1, 0.15) is 23.6 Å². The smallest absolute Gasteiger partial charge is 0.239 e. The lowest BCUT2D eigenvalue weighted by molar-refractivity contribution is -0.115. The maximum Gasteiger partial charge on any atom is 0.239 e. The van der Waals surface area contributed by atoms with E-state index in [1.807, 2.05) is 25.1 Å². The number of carbonyl (C=O) groups is 1. The van der Waals surface area contributed by atoms with Gasteiger partial charge in [-0.15, -0.1) is 0 Å². The van der Waals surface area contributed by atoms with Crippen molar-refractivity contribution < 1.29 is 9.53 Å². The molecule has 5 nitrogen and oxygen atoms in total. The van der Waals surface area contributed by atoms with Crippen LogP contribution in [-0.4, -0.2) is 28.2 Å². The van der Waals surface area contributed by atoms with Crippen molar-refractivity contribution in [3.8, 4) is 5.75 Å². The lowest BCUT2D eigenvalue weighted by atomic mass is 10.0. The molecule has 1 amide bonds. The van der Waals surface area contributed by atoms with Gasteiger partial charge in [0.05, 0.1) is 33.1 Å². The van der Waals surface area contributed by atoms with Gasteiger partial charge in [0.1, 0.15) is 5.75 Å². The van der Waals surface area contributed by atoms with Gasteiger partial charge in [-0.2, -0.15) is 0 Å². The summed E-state index contributed by atoms with van der Waals surface area (Å²) in [5.74, 6) is 0.683. The van der Waals surface area contributed by atoms with Crippen molar-refractivity contribution in [2.24, 2.45) is 0 Å². The molecule has 0 aliphatic carbocycles. The average Bonchev–Trinajstić information content (AvgIpc) is 3.10. The number of aryl methyl sites for hydroxylation is 3. The summed E-state index contributed by atoms with van der Waals surface area (Å²) in [5.41, 5.74) is 5.39. The van der Waals surface area contributed by atoms with Crippen LogP contribution in [0.25, 0.3) is 21.1 Å². The van der Waals surface area contributed by atoms with Gasteiger partial charge in [-0.25, -0.2) is 9.97 Å². The molecule has 0 radical (unpaired) electrons. The van der Waals surface area contributed by atoms with E-state index in [0.29, 0.717) is 5.13 Å². The minimum atomic E-state index is -0.304. The summed E-state index contributed by atoms with van der Waals surface area (Å²) in [4.78, 5) is 22.1. The van der Waals surface area contributed by atoms with Crippen molar-refractivity contribution in [2.75, 3.05) is 12.4 Å². The highest BCUT2D eigenvalue weighted by Gasteiger charge is 2.18. The molecule has 0 bridgehead atoms. The second-order valence-electron chi connectivity index (χ2n) is 7.36. The van der Waals surface area contributed by atoms with Crippen LogP contribution in [0.3, 0.4) is 0 Å². The Bertz CT molecular complexity index is 1270. The van der Waals surface area contributed by atoms with Crippen LogP contribution >= 0.6 is 23.1 Å². The number of pyridine rings is 1. The number of nitrogens with zero attached hydrogens (tertiary/aromatic N) is 2. The summed E-state index contributed by atoms with van der Waals surface area (Å²) in [5, 5.41) is 5.24. The standard InChI is InChI=1S/C23H23N3O2S2/c1-12-8-14(3)21-17(9-12)13(2)10-20(25-21)29-15(4)22(27)26-23-24-18-7-6-16(28-5)11-19(18)30-23/h6-11,15H,1-5H3,(H,24,26,27). The van der Waals surface area contributed by atoms with Gasteiger partial charge in [0.15, 0.2) is 5.13 Å². The van der Waals surface area contributed by atoms with Crippen molar-refractivity contribution in [3.63, 3.8) is 0 Å². The van der Waals surface area contributed by atoms with E-state index < -0.39 is 0 Å². The maximum absolute atomic E-state index is 12.8. The Morgan fingerprint density at radius 2 is 1.90 bits per heavy atom. The number of carbonyl (C=O) groups excluding carboxylic acids is 1. The van der Waals surface area contributed by atoms with Crippen LogP contribution < -0.4 is 10.1 Å². The van der Waals surface area contributed by atoms with Crippen LogP contribution in [0.4, 0.5) is 5.13 Å². The third-order valence-corrected chi connectivity index (χ3v) is 6.88. The Labute approximate surface area is 183 Å². The number of thioether (sulfide) groups is 1. The molecule has 30 heavy (non-hydrogen) atoms. The quantitative estimate of drug-likeness (QED) is 0.394. The van der Waals surface area contributed by atoms with E-state index >= 15 is 0 Å². The molecule has 4 aromatic rings. The van der Waals surface area contributed by atoms with Gasteiger partial charge in [-0.3, -0.25) is 4.79 Å². The van der Waals surface area contributed by atoms with E-state index in [9.17, 15) is 4.79 Å². The summed E-state index contributed by atoms with van der Waals surface area (Å²) in [6.07, 6.45) is 0. The largest absolute Gasteiger partial charge is 0.497 e. The Balaban J connectivity index is 1.52. The molecule has 2 aromatic heterocycles. The van der Waals surface area contributed by atoms with E-state index in [4.69, 9.17) is 9.72 Å². The third-order valence-electron chi connectivity index (χ3n) is 4.92. The van der Waals surface area contributed by atoms with E-state index in [-0.39, 0.29) is 11.2 Å². The number of amides is 1. The molecule has 1 unspecified atom stereocenters. The van der Waals surface area contributed by atoms with Gasteiger partial charge in [0, 0.05) is 5.39 Å². The fraction of sp³-hybridized carbons (Fsp3) is 0.261. The number of hydrogen-bond acceptors (Lipinski definition) is 6. The Morgan fingerprint density at radius 1 is 1.10 bits per heavy atom. The summed E-state index contributed by atoms with van der Waals surface area (Å²) in [6.45, 7) is 8.15. The van der Waals surface area contributed by atoms with Crippen LogP contribution in [0.15, 0.2) is 41.4 Å². The molecule has 2 aromatic carbocycles. The van der Waals surface area contributed by atoms with Gasteiger partial charge in [0.25, 0.3) is 0 Å². The third kappa shape index (κ3) is 4.13. The molecule has 7 heteroatoms. The summed E-state index contributed by atoms with van der Waals surface area (Å²) in [6, 6.07) is 12.0. The van der Waals surface area contributed by atoms with E-state index in [1.54, 1.807) is 7.11 Å². The topological polar surface area (TPSA) is 64.1 Å². The zero-order chi connectivity index (χ0) is 21.4. The number of nitrogens with one attached hydrogen (secondary N) is 1. The van der Waals surface area contributed by atoms with Crippen LogP contribution in [-0.2, 0) is 4.79 Å². The fourth-order valence-electron chi connectivity index (χ4n) is 3.40. The SMILES string of the molecule is COc1ccc2nc(NC(=O)C(C)Sc3cc(C)c4cc(C)cc(C)c4n3)sc2c1. The Hall–Kier alpha value is -2.64. The summed E-state index contributed by atoms with van der Waals surface area (Å²) in [7, 11) is 1.63. The molecule has 0 saturated carbocycles. The number of rotatable bonds is 5. The molecule has 1 atom stereocenters. The molecule has 0 fully saturated rings. The highest BCUT2D eigenvalue weighted by atomic mass is 32.2. The van der Waals surface area contributed by atoms with E-state index in [0.717, 1.165) is 32.1 Å². The van der Waals surface area contributed by atoms with Gasteiger partial charge in [-0.05, 0) is 69.2 Å². The van der Waals surface area contributed by atoms with Gasteiger partial charge in [-0.1, -0.05) is 34.7 Å². The molecule has 2 heterocycles. The molecule has 154 valence electrons. The number of hydrogen-bond donors (Lipinski definition) is 1. The lowest BCUT2D eigenvalue weighted by Crippen LogP contribution is -2.22. The average molecular weight is 438 g/mol. The first-order valence-electron chi connectivity index (χ1n) is 9.65. The van der Waals surface area contributed by atoms with Crippen molar-refractivity contribution in [3.05, 3.63) is 53.1 Å². The Kier molecular flexibility index (Phi) is 5.66. The lowest BCUT2D eigenvalue weighted by Gasteiger charge is -2.13. The molecular formula is C23H23N3O2S2. The summed E-state index contributed by atoms with van der Waals surface area (Å²) < 4.78 is 6.23. The molecular weight excluding hydrogens is 414 g/mol. The van der Waals surface area contributed by atoms with Crippen molar-refractivity contribution in [1.29, 1.82) is 0 Å².